The summed E-state index contributed by atoms with van der Waals surface area (Å²) in [5.74, 6) is 1.20. The van der Waals surface area contributed by atoms with Gasteiger partial charge in [0.2, 0.25) is 11.8 Å². The molecule has 1 aromatic rings. The molecule has 0 unspecified atom stereocenters. The molecule has 0 aliphatic carbocycles. The molecule has 2 amide bonds. The Bertz CT molecular complexity index is 568. The minimum Gasteiger partial charge on any atom is -0.461 e. The van der Waals surface area contributed by atoms with Gasteiger partial charge in [0.25, 0.3) is 0 Å². The lowest BCUT2D eigenvalue weighted by molar-refractivity contribution is -0.115. The van der Waals surface area contributed by atoms with E-state index in [1.165, 1.54) is 26.0 Å². The fourth-order valence-corrected chi connectivity index (χ4v) is 1.58. The van der Waals surface area contributed by atoms with E-state index >= 15 is 0 Å². The second-order valence-corrected chi connectivity index (χ2v) is 4.25. The maximum atomic E-state index is 11.9. The number of carbonyl (C=O) groups excluding carboxylic acids is 3. The van der Waals surface area contributed by atoms with Crippen LogP contribution in [-0.2, 0) is 14.3 Å². The first-order valence-electron chi connectivity index (χ1n) is 6.23. The van der Waals surface area contributed by atoms with Crippen molar-refractivity contribution in [2.45, 2.75) is 20.3 Å². The van der Waals surface area contributed by atoms with Gasteiger partial charge in [0.05, 0.1) is 5.56 Å². The van der Waals surface area contributed by atoms with Crippen LogP contribution in [0.1, 0.15) is 30.6 Å². The SMILES string of the molecule is C#CCCOC(=O)c1cc(NC(C)=O)cc(NC(C)=O)c1. The minimum absolute atomic E-state index is 0.106. The molecule has 6 heteroatoms. The van der Waals surface area contributed by atoms with Crippen molar-refractivity contribution in [2.75, 3.05) is 17.2 Å². The molecule has 0 aliphatic heterocycles. The first kappa shape index (κ1) is 16.2. The van der Waals surface area contributed by atoms with E-state index in [0.29, 0.717) is 17.8 Å². The number of nitrogens with one attached hydrogen (secondary N) is 2. The number of amides is 2. The topological polar surface area (TPSA) is 84.5 Å². The molecule has 0 radical (unpaired) electrons. The number of carbonyl (C=O) groups is 3. The molecule has 0 atom stereocenters. The van der Waals surface area contributed by atoms with Gasteiger partial charge in [-0.2, -0.15) is 0 Å². The molecule has 0 aliphatic rings. The zero-order valence-electron chi connectivity index (χ0n) is 11.9. The zero-order chi connectivity index (χ0) is 15.8. The second kappa shape index (κ2) is 7.70. The molecule has 0 saturated heterocycles. The number of ether oxygens (including phenoxy) is 1. The fraction of sp³-hybridized carbons (Fsp3) is 0.267. The largest absolute Gasteiger partial charge is 0.461 e. The van der Waals surface area contributed by atoms with E-state index in [4.69, 9.17) is 11.2 Å². The summed E-state index contributed by atoms with van der Waals surface area (Å²) in [5, 5.41) is 5.10. The lowest BCUT2D eigenvalue weighted by atomic mass is 10.1. The Hall–Kier alpha value is -2.81. The number of terminal acetylenes is 1. The average Bonchev–Trinajstić information content (AvgIpc) is 2.36. The molecule has 1 rings (SSSR count). The van der Waals surface area contributed by atoms with Crippen LogP contribution in [0.3, 0.4) is 0 Å². The van der Waals surface area contributed by atoms with E-state index in [1.54, 1.807) is 6.07 Å². The van der Waals surface area contributed by atoms with Crippen molar-refractivity contribution >= 4 is 29.2 Å². The summed E-state index contributed by atoms with van der Waals surface area (Å²) in [4.78, 5) is 34.1. The maximum absolute atomic E-state index is 11.9. The molecule has 0 bridgehead atoms. The van der Waals surface area contributed by atoms with Gasteiger partial charge >= 0.3 is 5.97 Å². The third kappa shape index (κ3) is 5.78. The number of hydrogen-bond acceptors (Lipinski definition) is 4. The van der Waals surface area contributed by atoms with E-state index in [0.717, 1.165) is 0 Å². The highest BCUT2D eigenvalue weighted by Crippen LogP contribution is 2.20. The Morgan fingerprint density at radius 3 is 2.05 bits per heavy atom. The van der Waals surface area contributed by atoms with Gasteiger partial charge in [-0.05, 0) is 18.2 Å². The third-order valence-corrected chi connectivity index (χ3v) is 2.29. The molecule has 0 spiro atoms. The molecule has 2 N–H and O–H groups in total. The molecular formula is C15H16N2O4. The zero-order valence-corrected chi connectivity index (χ0v) is 11.9. The van der Waals surface area contributed by atoms with Crippen LogP contribution < -0.4 is 10.6 Å². The summed E-state index contributed by atoms with van der Waals surface area (Å²) in [6.45, 7) is 2.79. The number of esters is 1. The normalized spacial score (nSPS) is 9.38. The monoisotopic (exact) mass is 288 g/mol. The highest BCUT2D eigenvalue weighted by Gasteiger charge is 2.11. The summed E-state index contributed by atoms with van der Waals surface area (Å²) in [6, 6.07) is 4.47. The lowest BCUT2D eigenvalue weighted by Gasteiger charge is -2.10. The van der Waals surface area contributed by atoms with Crippen molar-refractivity contribution < 1.29 is 19.1 Å². The molecule has 6 nitrogen and oxygen atoms in total. The van der Waals surface area contributed by atoms with Crippen molar-refractivity contribution in [3.05, 3.63) is 23.8 Å². The van der Waals surface area contributed by atoms with E-state index in [-0.39, 0.29) is 24.0 Å². The van der Waals surface area contributed by atoms with Crippen LogP contribution in [-0.4, -0.2) is 24.4 Å². The third-order valence-electron chi connectivity index (χ3n) is 2.29. The first-order valence-corrected chi connectivity index (χ1v) is 6.23. The van der Waals surface area contributed by atoms with Crippen LogP contribution in [0.2, 0.25) is 0 Å². The first-order chi connectivity index (χ1) is 9.92. The van der Waals surface area contributed by atoms with Gasteiger partial charge in [-0.25, -0.2) is 4.79 Å². The highest BCUT2D eigenvalue weighted by atomic mass is 16.5. The molecule has 0 fully saturated rings. The molecule has 21 heavy (non-hydrogen) atoms. The molecule has 0 heterocycles. The van der Waals surface area contributed by atoms with E-state index in [2.05, 4.69) is 16.6 Å². The lowest BCUT2D eigenvalue weighted by Crippen LogP contribution is -2.12. The van der Waals surface area contributed by atoms with Crippen LogP contribution in [0, 0.1) is 12.3 Å². The van der Waals surface area contributed by atoms with E-state index in [9.17, 15) is 14.4 Å². The summed E-state index contributed by atoms with van der Waals surface area (Å²) >= 11 is 0. The summed E-state index contributed by atoms with van der Waals surface area (Å²) < 4.78 is 4.98. The van der Waals surface area contributed by atoms with Gasteiger partial charge in [0.1, 0.15) is 6.61 Å². The van der Waals surface area contributed by atoms with Crippen LogP contribution in [0.25, 0.3) is 0 Å². The van der Waals surface area contributed by atoms with Gasteiger partial charge in [0.15, 0.2) is 0 Å². The molecule has 0 saturated carbocycles. The summed E-state index contributed by atoms with van der Waals surface area (Å²) in [7, 11) is 0. The molecule has 110 valence electrons. The maximum Gasteiger partial charge on any atom is 0.338 e. The Kier molecular flexibility index (Phi) is 5.96. The second-order valence-electron chi connectivity index (χ2n) is 4.25. The standard InChI is InChI=1S/C15H16N2O4/c1-4-5-6-21-15(20)12-7-13(16-10(2)18)9-14(8-12)17-11(3)19/h1,7-9H,5-6H2,2-3H3,(H,16,18)(H,17,19). The summed E-state index contributed by atoms with van der Waals surface area (Å²) in [6.07, 6.45) is 5.39. The number of hydrogen-bond donors (Lipinski definition) is 2. The van der Waals surface area contributed by atoms with Crippen molar-refractivity contribution in [1.29, 1.82) is 0 Å². The quantitative estimate of drug-likeness (QED) is 0.491. The Balaban J connectivity index is 3.00. The number of rotatable bonds is 5. The van der Waals surface area contributed by atoms with Crippen LogP contribution in [0.4, 0.5) is 11.4 Å². The van der Waals surface area contributed by atoms with Gasteiger partial charge < -0.3 is 15.4 Å². The average molecular weight is 288 g/mol. The van der Waals surface area contributed by atoms with E-state index in [1.807, 2.05) is 0 Å². The van der Waals surface area contributed by atoms with Crippen LogP contribution in [0.5, 0.6) is 0 Å². The highest BCUT2D eigenvalue weighted by molar-refractivity contribution is 5.97. The van der Waals surface area contributed by atoms with Gasteiger partial charge in [0, 0.05) is 31.6 Å². The summed E-state index contributed by atoms with van der Waals surface area (Å²) in [5.41, 5.74) is 0.984. The number of anilines is 2. The van der Waals surface area contributed by atoms with Crippen molar-refractivity contribution in [3.63, 3.8) is 0 Å². The van der Waals surface area contributed by atoms with Crippen LogP contribution >= 0.6 is 0 Å². The molecule has 0 aromatic heterocycles. The predicted molar refractivity (Wildman–Crippen MR) is 78.8 cm³/mol. The smallest absolute Gasteiger partial charge is 0.338 e. The number of benzene rings is 1. The molecular weight excluding hydrogens is 272 g/mol. The van der Waals surface area contributed by atoms with Crippen molar-refractivity contribution in [3.8, 4) is 12.3 Å². The van der Waals surface area contributed by atoms with Crippen molar-refractivity contribution in [1.82, 2.24) is 0 Å². The van der Waals surface area contributed by atoms with Crippen LogP contribution in [0.15, 0.2) is 18.2 Å². The van der Waals surface area contributed by atoms with Gasteiger partial charge in [-0.3, -0.25) is 9.59 Å². The fourth-order valence-electron chi connectivity index (χ4n) is 1.58. The van der Waals surface area contributed by atoms with Crippen molar-refractivity contribution in [2.24, 2.45) is 0 Å². The Labute approximate surface area is 122 Å². The molecule has 1 aromatic carbocycles. The minimum atomic E-state index is -0.580. The Morgan fingerprint density at radius 2 is 1.62 bits per heavy atom. The predicted octanol–water partition coefficient (Wildman–Crippen LogP) is 1.78. The van der Waals surface area contributed by atoms with Gasteiger partial charge in [-0.1, -0.05) is 0 Å². The van der Waals surface area contributed by atoms with Gasteiger partial charge in [-0.15, -0.1) is 12.3 Å². The Morgan fingerprint density at radius 1 is 1.10 bits per heavy atom. The van der Waals surface area contributed by atoms with E-state index < -0.39 is 5.97 Å².